The molecule has 0 atom stereocenters. The molecule has 1 amide bonds. The number of thioether (sulfide) groups is 1. The van der Waals surface area contributed by atoms with Crippen LogP contribution in [0.1, 0.15) is 34.6 Å². The largest absolute Gasteiger partial charge is 0.357 e. The molecule has 164 valence electrons. The molecule has 0 bridgehead atoms. The van der Waals surface area contributed by atoms with E-state index in [0.717, 1.165) is 36.0 Å². The van der Waals surface area contributed by atoms with Crippen LogP contribution in [0.5, 0.6) is 0 Å². The lowest BCUT2D eigenvalue weighted by Gasteiger charge is -2.23. The first kappa shape index (κ1) is 22.8. The number of aromatic nitrogens is 4. The molecule has 0 radical (unpaired) electrons. The lowest BCUT2D eigenvalue weighted by molar-refractivity contribution is -0.117. The fourth-order valence-corrected chi connectivity index (χ4v) is 4.23. The average molecular weight is 439 g/mol. The molecule has 0 aliphatic heterocycles. The van der Waals surface area contributed by atoms with Gasteiger partial charge in [0, 0.05) is 37.1 Å². The Morgan fingerprint density at radius 2 is 1.81 bits per heavy atom. The highest BCUT2D eigenvalue weighted by Crippen LogP contribution is 2.34. The summed E-state index contributed by atoms with van der Waals surface area (Å²) in [6.45, 7) is 12.6. The molecular formula is C23H30N6OS. The number of hydrogen-bond donors (Lipinski definition) is 1. The summed E-state index contributed by atoms with van der Waals surface area (Å²) in [6, 6.07) is 13.5. The Morgan fingerprint density at radius 3 is 2.45 bits per heavy atom. The molecule has 3 aromatic rings. The first-order valence-corrected chi connectivity index (χ1v) is 11.4. The molecule has 1 N–H and O–H groups in total. The Hall–Kier alpha value is -2.87. The van der Waals surface area contributed by atoms with E-state index in [9.17, 15) is 4.79 Å². The summed E-state index contributed by atoms with van der Waals surface area (Å²) in [5.41, 5.74) is 1.74. The first-order chi connectivity index (χ1) is 14.9. The van der Waals surface area contributed by atoms with Crippen molar-refractivity contribution in [1.29, 1.82) is 0 Å². The fourth-order valence-electron chi connectivity index (χ4n) is 3.22. The molecule has 1 aromatic carbocycles. The second kappa shape index (κ2) is 9.96. The summed E-state index contributed by atoms with van der Waals surface area (Å²) in [7, 11) is 0. The maximum atomic E-state index is 12.9. The van der Waals surface area contributed by atoms with Crippen LogP contribution in [0, 0.1) is 0 Å². The summed E-state index contributed by atoms with van der Waals surface area (Å²) in [5, 5.41) is 12.6. The molecule has 2 aromatic heterocycles. The molecule has 0 aliphatic rings. The fraction of sp³-hybridized carbons (Fsp3) is 0.391. The van der Waals surface area contributed by atoms with Gasteiger partial charge in [0.15, 0.2) is 11.0 Å². The van der Waals surface area contributed by atoms with Crippen molar-refractivity contribution in [1.82, 2.24) is 19.7 Å². The maximum Gasteiger partial charge on any atom is 0.240 e. The van der Waals surface area contributed by atoms with Gasteiger partial charge in [-0.15, -0.1) is 10.2 Å². The zero-order chi connectivity index (χ0) is 22.4. The van der Waals surface area contributed by atoms with Crippen molar-refractivity contribution in [3.63, 3.8) is 0 Å². The number of para-hydroxylation sites is 1. The van der Waals surface area contributed by atoms with Crippen molar-refractivity contribution in [3.8, 4) is 11.4 Å². The topological polar surface area (TPSA) is 75.9 Å². The molecule has 8 heteroatoms. The monoisotopic (exact) mass is 438 g/mol. The third-order valence-corrected chi connectivity index (χ3v) is 6.23. The quantitative estimate of drug-likeness (QED) is 0.487. The van der Waals surface area contributed by atoms with E-state index in [1.807, 2.05) is 67.1 Å². The third-order valence-electron chi connectivity index (χ3n) is 5.05. The minimum Gasteiger partial charge on any atom is -0.357 e. The second-order valence-corrected chi connectivity index (χ2v) is 9.15. The molecular weight excluding hydrogens is 408 g/mol. The van der Waals surface area contributed by atoms with Crippen molar-refractivity contribution < 1.29 is 4.79 Å². The van der Waals surface area contributed by atoms with Crippen LogP contribution in [0.25, 0.3) is 11.4 Å². The number of amides is 1. The minimum atomic E-state index is -0.725. The highest BCUT2D eigenvalue weighted by Gasteiger charge is 2.32. The molecule has 2 heterocycles. The van der Waals surface area contributed by atoms with Gasteiger partial charge in [0.05, 0.1) is 4.75 Å². The summed E-state index contributed by atoms with van der Waals surface area (Å²) in [6.07, 6.45) is 1.81. The van der Waals surface area contributed by atoms with Gasteiger partial charge < -0.3 is 14.8 Å². The van der Waals surface area contributed by atoms with Crippen LogP contribution >= 0.6 is 11.8 Å². The van der Waals surface area contributed by atoms with Gasteiger partial charge in [0.25, 0.3) is 0 Å². The molecule has 31 heavy (non-hydrogen) atoms. The van der Waals surface area contributed by atoms with Gasteiger partial charge in [0.2, 0.25) is 5.91 Å². The number of anilines is 2. The highest BCUT2D eigenvalue weighted by atomic mass is 32.2. The Morgan fingerprint density at radius 1 is 1.10 bits per heavy atom. The predicted molar refractivity (Wildman–Crippen MR) is 127 cm³/mol. The van der Waals surface area contributed by atoms with E-state index < -0.39 is 4.75 Å². The molecule has 0 aliphatic carbocycles. The first-order valence-electron chi connectivity index (χ1n) is 10.6. The smallest absolute Gasteiger partial charge is 0.240 e. The van der Waals surface area contributed by atoms with Crippen LogP contribution in [0.2, 0.25) is 0 Å². The molecule has 0 unspecified atom stereocenters. The lowest BCUT2D eigenvalue weighted by Crippen LogP contribution is -2.34. The third kappa shape index (κ3) is 5.25. The predicted octanol–water partition coefficient (Wildman–Crippen LogP) is 4.72. The van der Waals surface area contributed by atoms with Gasteiger partial charge in [-0.05, 0) is 58.9 Å². The van der Waals surface area contributed by atoms with E-state index in [4.69, 9.17) is 0 Å². The van der Waals surface area contributed by atoms with Gasteiger partial charge in [0.1, 0.15) is 5.82 Å². The van der Waals surface area contributed by atoms with E-state index in [2.05, 4.69) is 46.2 Å². The number of hydrogen-bond acceptors (Lipinski definition) is 6. The summed E-state index contributed by atoms with van der Waals surface area (Å²) in [4.78, 5) is 19.6. The van der Waals surface area contributed by atoms with E-state index in [1.54, 1.807) is 0 Å². The average Bonchev–Trinajstić information content (AvgIpc) is 3.17. The summed E-state index contributed by atoms with van der Waals surface area (Å²) >= 11 is 1.41. The van der Waals surface area contributed by atoms with Crippen LogP contribution in [0.3, 0.4) is 0 Å². The van der Waals surface area contributed by atoms with E-state index in [-0.39, 0.29) is 5.91 Å². The SMILES string of the molecule is CCN(CC)c1cc(-c2nnc(SC(C)(C)C(=O)Nc3ccccc3)n2CC)ccn1. The van der Waals surface area contributed by atoms with Crippen LogP contribution in [0.4, 0.5) is 11.5 Å². The Bertz CT molecular complexity index is 1010. The van der Waals surface area contributed by atoms with E-state index in [0.29, 0.717) is 11.7 Å². The van der Waals surface area contributed by atoms with Crippen molar-refractivity contribution in [3.05, 3.63) is 48.7 Å². The van der Waals surface area contributed by atoms with Crippen LogP contribution in [0.15, 0.2) is 53.8 Å². The van der Waals surface area contributed by atoms with Gasteiger partial charge in [-0.2, -0.15) is 0 Å². The second-order valence-electron chi connectivity index (χ2n) is 7.56. The number of nitrogens with one attached hydrogen (secondary N) is 1. The highest BCUT2D eigenvalue weighted by molar-refractivity contribution is 8.01. The molecule has 0 fully saturated rings. The Kier molecular flexibility index (Phi) is 7.33. The molecule has 0 spiro atoms. The Labute approximate surface area is 188 Å². The van der Waals surface area contributed by atoms with Crippen molar-refractivity contribution in [2.45, 2.75) is 51.1 Å². The van der Waals surface area contributed by atoms with Gasteiger partial charge in [-0.3, -0.25) is 4.79 Å². The van der Waals surface area contributed by atoms with Crippen LogP contribution in [-0.4, -0.2) is 43.5 Å². The van der Waals surface area contributed by atoms with E-state index in [1.165, 1.54) is 11.8 Å². The van der Waals surface area contributed by atoms with Crippen LogP contribution < -0.4 is 10.2 Å². The van der Waals surface area contributed by atoms with Crippen molar-refractivity contribution >= 4 is 29.2 Å². The maximum absolute atomic E-state index is 12.9. The zero-order valence-corrected chi connectivity index (χ0v) is 19.6. The molecule has 3 rings (SSSR count). The standard InChI is InChI=1S/C23H30N6OS/c1-6-28(7-2)19-16-17(14-15-24-19)20-26-27-22(29(20)8-3)31-23(4,5)21(30)25-18-12-10-9-11-13-18/h9-16H,6-8H2,1-5H3,(H,25,30). The molecule has 0 saturated heterocycles. The number of benzene rings is 1. The van der Waals surface area contributed by atoms with Crippen molar-refractivity contribution in [2.75, 3.05) is 23.3 Å². The number of carbonyl (C=O) groups excluding carboxylic acids is 1. The molecule has 0 saturated carbocycles. The number of carbonyl (C=O) groups is 1. The number of rotatable bonds is 9. The van der Waals surface area contributed by atoms with Crippen molar-refractivity contribution in [2.24, 2.45) is 0 Å². The van der Waals surface area contributed by atoms with Crippen LogP contribution in [-0.2, 0) is 11.3 Å². The van der Waals surface area contributed by atoms with Gasteiger partial charge >= 0.3 is 0 Å². The summed E-state index contributed by atoms with van der Waals surface area (Å²) < 4.78 is 1.32. The number of nitrogens with zero attached hydrogens (tertiary/aromatic N) is 5. The summed E-state index contributed by atoms with van der Waals surface area (Å²) in [5.74, 6) is 1.62. The van der Waals surface area contributed by atoms with Gasteiger partial charge in [-0.25, -0.2) is 4.98 Å². The van der Waals surface area contributed by atoms with Gasteiger partial charge in [-0.1, -0.05) is 30.0 Å². The normalized spacial score (nSPS) is 11.4. The minimum absolute atomic E-state index is 0.0800. The zero-order valence-electron chi connectivity index (χ0n) is 18.8. The Balaban J connectivity index is 1.84. The molecule has 7 nitrogen and oxygen atoms in total. The number of pyridine rings is 1. The van der Waals surface area contributed by atoms with E-state index >= 15 is 0 Å². The lowest BCUT2D eigenvalue weighted by atomic mass is 10.2.